The second-order valence-electron chi connectivity index (χ2n) is 5.05. The molecule has 3 aromatic heterocycles. The average Bonchev–Trinajstić information content (AvgIpc) is 2.61. The molecule has 3 aromatic rings. The van der Waals surface area contributed by atoms with Gasteiger partial charge in [-0.2, -0.15) is 0 Å². The van der Waals surface area contributed by atoms with Crippen molar-refractivity contribution in [2.45, 2.75) is 12.8 Å². The molecule has 0 unspecified atom stereocenters. The van der Waals surface area contributed by atoms with E-state index in [-0.39, 0.29) is 0 Å². The Bertz CT molecular complexity index is 853. The number of rotatable bonds is 4. The molecule has 0 saturated heterocycles. The van der Waals surface area contributed by atoms with Crippen LogP contribution >= 0.6 is 0 Å². The Morgan fingerprint density at radius 1 is 1.00 bits per heavy atom. The fourth-order valence-electron chi connectivity index (χ4n) is 2.00. The van der Waals surface area contributed by atoms with E-state index in [0.29, 0.717) is 0 Å². The van der Waals surface area contributed by atoms with Gasteiger partial charge >= 0.3 is 5.69 Å². The predicted octanol–water partition coefficient (Wildman–Crippen LogP) is -0.892. The molecule has 0 aliphatic rings. The molecule has 0 aliphatic carbocycles. The van der Waals surface area contributed by atoms with Crippen LogP contribution in [-0.2, 0) is 12.8 Å². The monoisotopic (exact) mass is 340 g/mol. The van der Waals surface area contributed by atoms with Gasteiger partial charge in [-0.05, 0) is 36.1 Å². The van der Waals surface area contributed by atoms with E-state index in [2.05, 4.69) is 34.2 Å². The molecular weight excluding hydrogens is 324 g/mol. The molecule has 0 fully saturated rings. The fraction of sp³-hybridized carbons (Fsp3) is 0.118. The van der Waals surface area contributed by atoms with Crippen molar-refractivity contribution in [1.82, 2.24) is 15.0 Å². The van der Waals surface area contributed by atoms with E-state index in [4.69, 9.17) is 0 Å². The van der Waals surface area contributed by atoms with Crippen molar-refractivity contribution >= 4 is 5.97 Å². The Kier molecular flexibility index (Phi) is 6.35. The Morgan fingerprint density at radius 3 is 2.16 bits per heavy atom. The number of carbonyl (C=O) groups excluding carboxylic acids is 1. The van der Waals surface area contributed by atoms with Gasteiger partial charge in [0.1, 0.15) is 0 Å². The SMILES string of the molecule is O=C([O-])c1cc(=O)[nH]c(=O)[nH]1.c1cc(CCc2cc[nH+]cc2)ccn1. The maximum Gasteiger partial charge on any atom is 0.326 e. The van der Waals surface area contributed by atoms with E-state index in [1.807, 2.05) is 34.8 Å². The van der Waals surface area contributed by atoms with E-state index in [0.717, 1.165) is 18.9 Å². The summed E-state index contributed by atoms with van der Waals surface area (Å²) in [5.41, 5.74) is 0.539. The molecule has 0 aliphatic heterocycles. The molecule has 0 radical (unpaired) electrons. The van der Waals surface area contributed by atoms with Crippen LogP contribution in [0.3, 0.4) is 0 Å². The number of carboxylic acids is 1. The highest BCUT2D eigenvalue weighted by Crippen LogP contribution is 2.04. The van der Waals surface area contributed by atoms with Crippen molar-refractivity contribution in [2.24, 2.45) is 0 Å². The van der Waals surface area contributed by atoms with Crippen molar-refractivity contribution in [2.75, 3.05) is 0 Å². The summed E-state index contributed by atoms with van der Waals surface area (Å²) >= 11 is 0. The molecule has 0 amide bonds. The zero-order chi connectivity index (χ0) is 18.1. The number of pyridine rings is 2. The number of carbonyl (C=O) groups is 1. The van der Waals surface area contributed by atoms with Gasteiger partial charge in [-0.15, -0.1) is 0 Å². The molecule has 8 nitrogen and oxygen atoms in total. The lowest BCUT2D eigenvalue weighted by molar-refractivity contribution is -0.378. The number of aryl methyl sites for hydroxylation is 2. The summed E-state index contributed by atoms with van der Waals surface area (Å²) in [6.07, 6.45) is 9.76. The van der Waals surface area contributed by atoms with Gasteiger partial charge in [0.15, 0.2) is 12.4 Å². The van der Waals surface area contributed by atoms with E-state index >= 15 is 0 Å². The lowest BCUT2D eigenvalue weighted by Crippen LogP contribution is -2.31. The minimum absolute atomic E-state index is 0.529. The number of aromatic carboxylic acids is 1. The van der Waals surface area contributed by atoms with Gasteiger partial charge in [-0.3, -0.25) is 14.8 Å². The summed E-state index contributed by atoms with van der Waals surface area (Å²) < 4.78 is 0. The molecule has 0 bridgehead atoms. The minimum Gasteiger partial charge on any atom is -0.543 e. The minimum atomic E-state index is -1.59. The molecule has 0 aromatic carbocycles. The Morgan fingerprint density at radius 2 is 1.60 bits per heavy atom. The second-order valence-corrected chi connectivity index (χ2v) is 5.05. The Hall–Kier alpha value is -3.55. The first-order valence-electron chi connectivity index (χ1n) is 7.43. The molecule has 0 atom stereocenters. The molecule has 0 saturated carbocycles. The van der Waals surface area contributed by atoms with Crippen LogP contribution in [0.5, 0.6) is 0 Å². The summed E-state index contributed by atoms with van der Waals surface area (Å²) in [6.45, 7) is 0. The third-order valence-electron chi connectivity index (χ3n) is 3.22. The van der Waals surface area contributed by atoms with Crippen molar-refractivity contribution in [1.29, 1.82) is 0 Å². The first-order chi connectivity index (χ1) is 12.0. The van der Waals surface area contributed by atoms with E-state index < -0.39 is 22.9 Å². The molecule has 0 spiro atoms. The van der Waals surface area contributed by atoms with Crippen LogP contribution in [0.2, 0.25) is 0 Å². The lowest BCUT2D eigenvalue weighted by atomic mass is 10.1. The molecule has 128 valence electrons. The zero-order valence-electron chi connectivity index (χ0n) is 13.2. The molecule has 3 rings (SSSR count). The van der Waals surface area contributed by atoms with Crippen LogP contribution in [0.15, 0.2) is 64.7 Å². The lowest BCUT2D eigenvalue weighted by Gasteiger charge is -1.99. The summed E-state index contributed by atoms with van der Waals surface area (Å²) in [4.78, 5) is 41.6. The van der Waals surface area contributed by atoms with E-state index in [1.165, 1.54) is 11.1 Å². The third-order valence-corrected chi connectivity index (χ3v) is 3.22. The van der Waals surface area contributed by atoms with Crippen molar-refractivity contribution < 1.29 is 14.9 Å². The third kappa shape index (κ3) is 6.22. The molecule has 3 heterocycles. The van der Waals surface area contributed by atoms with Crippen LogP contribution in [0.4, 0.5) is 0 Å². The van der Waals surface area contributed by atoms with Gasteiger partial charge in [0.05, 0.1) is 11.7 Å². The number of hydrogen-bond donors (Lipinski definition) is 2. The van der Waals surface area contributed by atoms with Crippen LogP contribution in [0.1, 0.15) is 21.6 Å². The Labute approximate surface area is 142 Å². The quantitative estimate of drug-likeness (QED) is 0.635. The number of nitrogens with zero attached hydrogens (tertiary/aromatic N) is 1. The van der Waals surface area contributed by atoms with E-state index in [9.17, 15) is 19.5 Å². The maximum atomic E-state index is 10.4. The Balaban J connectivity index is 0.000000186. The summed E-state index contributed by atoms with van der Waals surface area (Å²) in [6, 6.07) is 9.09. The first kappa shape index (κ1) is 17.8. The highest BCUT2D eigenvalue weighted by atomic mass is 16.4. The van der Waals surface area contributed by atoms with Crippen molar-refractivity contribution in [3.63, 3.8) is 0 Å². The fourth-order valence-corrected chi connectivity index (χ4v) is 2.00. The summed E-state index contributed by atoms with van der Waals surface area (Å²) in [7, 11) is 0. The largest absolute Gasteiger partial charge is 0.543 e. The second kappa shape index (κ2) is 8.92. The predicted molar refractivity (Wildman–Crippen MR) is 86.7 cm³/mol. The van der Waals surface area contributed by atoms with Gasteiger partial charge in [0.25, 0.3) is 5.56 Å². The van der Waals surface area contributed by atoms with Gasteiger partial charge in [0, 0.05) is 30.6 Å². The zero-order valence-corrected chi connectivity index (χ0v) is 13.2. The number of nitrogens with one attached hydrogen (secondary N) is 3. The normalized spacial score (nSPS) is 9.76. The van der Waals surface area contributed by atoms with Gasteiger partial charge < -0.3 is 14.9 Å². The number of H-pyrrole nitrogens is 3. The molecule has 3 N–H and O–H groups in total. The van der Waals surface area contributed by atoms with Crippen LogP contribution in [-0.4, -0.2) is 20.9 Å². The number of hydrogen-bond acceptors (Lipinski definition) is 5. The number of aromatic nitrogens is 4. The van der Waals surface area contributed by atoms with Gasteiger partial charge in [0.2, 0.25) is 0 Å². The topological polar surface area (TPSA) is 133 Å². The van der Waals surface area contributed by atoms with Gasteiger partial charge in [-0.25, -0.2) is 9.78 Å². The van der Waals surface area contributed by atoms with Crippen LogP contribution in [0, 0.1) is 0 Å². The first-order valence-corrected chi connectivity index (χ1v) is 7.43. The van der Waals surface area contributed by atoms with Gasteiger partial charge in [-0.1, -0.05) is 0 Å². The molecular formula is C17H16N4O4. The number of aromatic amines is 3. The highest BCUT2D eigenvalue weighted by Gasteiger charge is 1.96. The van der Waals surface area contributed by atoms with Crippen LogP contribution < -0.4 is 21.3 Å². The van der Waals surface area contributed by atoms with Crippen molar-refractivity contribution in [3.05, 3.63) is 92.8 Å². The standard InChI is InChI=1S/C12H12N2.C5H4N2O4/c1(11-3-7-13-8-4-11)2-12-5-9-14-10-6-12;8-3-1-2(4(9)10)6-5(11)7-3/h3-10H,1-2H2;1H,(H,9,10)(H2,6,7,8,11). The smallest absolute Gasteiger partial charge is 0.326 e. The number of carboxylic acid groups (broad SMARTS) is 1. The molecule has 25 heavy (non-hydrogen) atoms. The molecule has 8 heteroatoms. The van der Waals surface area contributed by atoms with Crippen molar-refractivity contribution in [3.8, 4) is 0 Å². The summed E-state index contributed by atoms with van der Waals surface area (Å²) in [5.74, 6) is -1.59. The average molecular weight is 340 g/mol. The highest BCUT2D eigenvalue weighted by molar-refractivity contribution is 5.82. The maximum absolute atomic E-state index is 10.4. The summed E-state index contributed by atoms with van der Waals surface area (Å²) in [5, 5.41) is 10.1. The van der Waals surface area contributed by atoms with Crippen LogP contribution in [0.25, 0.3) is 0 Å². The van der Waals surface area contributed by atoms with E-state index in [1.54, 1.807) is 0 Å².